The van der Waals surface area contributed by atoms with Crippen LogP contribution >= 0.6 is 15.9 Å². The van der Waals surface area contributed by atoms with Crippen LogP contribution in [0.25, 0.3) is 0 Å². The third kappa shape index (κ3) is 6.56. The van der Waals surface area contributed by atoms with Gasteiger partial charge in [0.2, 0.25) is 0 Å². The summed E-state index contributed by atoms with van der Waals surface area (Å²) in [7, 11) is -1.53. The summed E-state index contributed by atoms with van der Waals surface area (Å²) in [5.41, 5.74) is 1.69. The Bertz CT molecular complexity index is 1000. The zero-order chi connectivity index (χ0) is 19.9. The van der Waals surface area contributed by atoms with E-state index in [4.69, 9.17) is 0 Å². The maximum atomic E-state index is 14.4. The Morgan fingerprint density at radius 3 is 2.62 bits per heavy atom. The van der Waals surface area contributed by atoms with Crippen molar-refractivity contribution in [3.05, 3.63) is 88.4 Å². The van der Waals surface area contributed by atoms with E-state index in [0.29, 0.717) is 33.5 Å². The van der Waals surface area contributed by atoms with E-state index in [0.717, 1.165) is 5.56 Å². The van der Waals surface area contributed by atoms with Crippen molar-refractivity contribution in [1.29, 1.82) is 0 Å². The van der Waals surface area contributed by atoms with Gasteiger partial charge in [-0.15, -0.1) is 0 Å². The highest BCUT2D eigenvalue weighted by molar-refractivity contribution is 9.10. The average Bonchev–Trinajstić information content (AvgIpc) is 2.69. The molecule has 3 N–H and O–H groups in total. The van der Waals surface area contributed by atoms with E-state index in [1.54, 1.807) is 42.7 Å². The van der Waals surface area contributed by atoms with Crippen LogP contribution < -0.4 is 4.72 Å². The van der Waals surface area contributed by atoms with E-state index in [-0.39, 0.29) is 17.7 Å². The molecule has 1 atom stereocenters. The van der Waals surface area contributed by atoms with Crippen LogP contribution in [0.5, 0.6) is 0 Å². The highest BCUT2D eigenvalue weighted by atomic mass is 79.9. The third-order valence-electron chi connectivity index (χ3n) is 4.10. The summed E-state index contributed by atoms with van der Waals surface area (Å²) < 4.78 is 30.3. The molecule has 0 spiro atoms. The lowest BCUT2D eigenvalue weighted by molar-refractivity contribution is -0.118. The Morgan fingerprint density at radius 2 is 1.93 bits per heavy atom. The number of hydrogen-bond acceptors (Lipinski definition) is 3. The molecule has 0 aliphatic rings. The standard InChI is InChI=1S/C21H18BrFN2O2S.H2O/c22-19-5-1-2-6-21(19)28(27)25-17-9-8-16(20(23)13-17)12-18(26)10-7-15-4-3-11-24-14-15;/h1-6,8-9,11,13-14,25H,7,10,12H2;1H2. The molecule has 0 aliphatic heterocycles. The molecule has 152 valence electrons. The smallest absolute Gasteiger partial charge is 0.151 e. The lowest BCUT2D eigenvalue weighted by Crippen LogP contribution is -2.08. The SMILES string of the molecule is O.O=C(CCc1cccnc1)Cc1ccc(NS(=O)c2ccccc2Br)cc1F. The molecule has 0 amide bonds. The molecule has 1 unspecified atom stereocenters. The zero-order valence-corrected chi connectivity index (χ0v) is 17.8. The number of aromatic nitrogens is 1. The Kier molecular flexibility index (Phi) is 8.63. The lowest BCUT2D eigenvalue weighted by atomic mass is 10.0. The average molecular weight is 479 g/mol. The summed E-state index contributed by atoms with van der Waals surface area (Å²) in [6, 6.07) is 15.3. The number of aryl methyl sites for hydroxylation is 1. The van der Waals surface area contributed by atoms with Crippen molar-refractivity contribution in [2.75, 3.05) is 4.72 Å². The number of anilines is 1. The maximum absolute atomic E-state index is 14.4. The minimum absolute atomic E-state index is 0. The molecular formula is C21H20BrFN2O3S. The molecule has 0 saturated heterocycles. The minimum Gasteiger partial charge on any atom is -0.412 e. The van der Waals surface area contributed by atoms with Crippen LogP contribution in [0.4, 0.5) is 10.1 Å². The summed E-state index contributed by atoms with van der Waals surface area (Å²) in [6.07, 6.45) is 4.34. The van der Waals surface area contributed by atoms with Crippen molar-refractivity contribution < 1.29 is 18.9 Å². The van der Waals surface area contributed by atoms with Crippen LogP contribution in [-0.2, 0) is 28.6 Å². The van der Waals surface area contributed by atoms with Crippen LogP contribution in [0.3, 0.4) is 0 Å². The van der Waals surface area contributed by atoms with Crippen molar-refractivity contribution in [1.82, 2.24) is 4.98 Å². The number of carbonyl (C=O) groups excluding carboxylic acids is 1. The van der Waals surface area contributed by atoms with Crippen molar-refractivity contribution in [3.63, 3.8) is 0 Å². The second-order valence-electron chi connectivity index (χ2n) is 6.18. The maximum Gasteiger partial charge on any atom is 0.151 e. The molecular weight excluding hydrogens is 459 g/mol. The van der Waals surface area contributed by atoms with Gasteiger partial charge in [-0.05, 0) is 63.8 Å². The van der Waals surface area contributed by atoms with Gasteiger partial charge < -0.3 is 10.2 Å². The van der Waals surface area contributed by atoms with E-state index >= 15 is 0 Å². The van der Waals surface area contributed by atoms with Gasteiger partial charge in [-0.3, -0.25) is 9.78 Å². The first-order valence-corrected chi connectivity index (χ1v) is 10.6. The number of pyridine rings is 1. The van der Waals surface area contributed by atoms with Gasteiger partial charge in [0, 0.05) is 35.4 Å². The van der Waals surface area contributed by atoms with Crippen LogP contribution in [0, 0.1) is 5.82 Å². The normalized spacial score (nSPS) is 11.4. The highest BCUT2D eigenvalue weighted by Crippen LogP contribution is 2.22. The first kappa shape index (κ1) is 22.9. The summed E-state index contributed by atoms with van der Waals surface area (Å²) in [5, 5.41) is 0. The molecule has 8 heteroatoms. The third-order valence-corrected chi connectivity index (χ3v) is 6.23. The largest absolute Gasteiger partial charge is 0.412 e. The first-order chi connectivity index (χ1) is 13.5. The Labute approximate surface area is 179 Å². The van der Waals surface area contributed by atoms with Gasteiger partial charge in [0.1, 0.15) is 11.6 Å². The molecule has 5 nitrogen and oxygen atoms in total. The molecule has 0 saturated carbocycles. The van der Waals surface area contributed by atoms with Crippen molar-refractivity contribution in [3.8, 4) is 0 Å². The van der Waals surface area contributed by atoms with E-state index in [1.165, 1.54) is 6.07 Å². The van der Waals surface area contributed by atoms with E-state index in [1.807, 2.05) is 18.2 Å². The second-order valence-corrected chi connectivity index (χ2v) is 8.22. The molecule has 29 heavy (non-hydrogen) atoms. The number of hydrogen-bond donors (Lipinski definition) is 1. The van der Waals surface area contributed by atoms with Crippen molar-refractivity contribution in [2.45, 2.75) is 24.2 Å². The predicted molar refractivity (Wildman–Crippen MR) is 115 cm³/mol. The summed E-state index contributed by atoms with van der Waals surface area (Å²) in [4.78, 5) is 16.7. The quantitative estimate of drug-likeness (QED) is 0.529. The van der Waals surface area contributed by atoms with E-state index < -0.39 is 16.8 Å². The monoisotopic (exact) mass is 478 g/mol. The molecule has 0 aliphatic carbocycles. The minimum atomic E-state index is -1.53. The Balaban J connectivity index is 0.00000300. The van der Waals surface area contributed by atoms with Gasteiger partial charge in [0.25, 0.3) is 0 Å². The van der Waals surface area contributed by atoms with Crippen LogP contribution in [0.15, 0.2) is 76.4 Å². The number of nitrogens with zero attached hydrogens (tertiary/aromatic N) is 1. The number of halogens is 2. The fourth-order valence-corrected chi connectivity index (χ4v) is 4.27. The Morgan fingerprint density at radius 1 is 1.14 bits per heavy atom. The summed E-state index contributed by atoms with van der Waals surface area (Å²) >= 11 is 3.35. The summed E-state index contributed by atoms with van der Waals surface area (Å²) in [5.74, 6) is -0.538. The molecule has 1 aromatic heterocycles. The van der Waals surface area contributed by atoms with Crippen LogP contribution in [0.2, 0.25) is 0 Å². The number of rotatable bonds is 8. The zero-order valence-electron chi connectivity index (χ0n) is 15.4. The summed E-state index contributed by atoms with van der Waals surface area (Å²) in [6.45, 7) is 0. The fourth-order valence-electron chi connectivity index (χ4n) is 2.64. The van der Waals surface area contributed by atoms with Gasteiger partial charge >= 0.3 is 0 Å². The number of ketones is 1. The molecule has 0 radical (unpaired) electrons. The lowest BCUT2D eigenvalue weighted by Gasteiger charge is -2.09. The van der Waals surface area contributed by atoms with Gasteiger partial charge in [-0.1, -0.05) is 24.3 Å². The van der Waals surface area contributed by atoms with Gasteiger partial charge in [0.05, 0.1) is 4.90 Å². The van der Waals surface area contributed by atoms with Crippen molar-refractivity contribution >= 4 is 38.4 Å². The molecule has 0 bridgehead atoms. The predicted octanol–water partition coefficient (Wildman–Crippen LogP) is 4.04. The Hall–Kier alpha value is -2.42. The van der Waals surface area contributed by atoms with Crippen LogP contribution in [-0.4, -0.2) is 20.5 Å². The van der Waals surface area contributed by atoms with Gasteiger partial charge in [-0.25, -0.2) is 8.60 Å². The van der Waals surface area contributed by atoms with Crippen molar-refractivity contribution in [2.24, 2.45) is 0 Å². The molecule has 2 aromatic carbocycles. The highest BCUT2D eigenvalue weighted by Gasteiger charge is 2.12. The topological polar surface area (TPSA) is 90.6 Å². The van der Waals surface area contributed by atoms with Gasteiger partial charge in [0.15, 0.2) is 11.0 Å². The number of nitrogens with one attached hydrogen (secondary N) is 1. The number of Topliss-reactive ketones (excluding diaryl/α,β-unsaturated/α-hetero) is 1. The second kappa shape index (κ2) is 10.9. The van der Waals surface area contributed by atoms with Crippen LogP contribution in [0.1, 0.15) is 17.5 Å². The number of carbonyl (C=O) groups is 1. The first-order valence-electron chi connectivity index (χ1n) is 8.65. The number of benzene rings is 2. The molecule has 3 rings (SSSR count). The van der Waals surface area contributed by atoms with E-state index in [9.17, 15) is 13.4 Å². The molecule has 1 heterocycles. The van der Waals surface area contributed by atoms with E-state index in [2.05, 4.69) is 25.6 Å². The molecule has 0 fully saturated rings. The van der Waals surface area contributed by atoms with Gasteiger partial charge in [-0.2, -0.15) is 0 Å². The molecule has 3 aromatic rings. The fraction of sp³-hybridized carbons (Fsp3) is 0.143.